The van der Waals surface area contributed by atoms with Crippen LogP contribution in [-0.4, -0.2) is 12.2 Å². The van der Waals surface area contributed by atoms with E-state index in [1.807, 2.05) is 0 Å². The van der Waals surface area contributed by atoms with Crippen molar-refractivity contribution in [2.75, 3.05) is 7.11 Å². The maximum atomic E-state index is 12.1. The lowest BCUT2D eigenvalue weighted by Crippen LogP contribution is -2.00. The van der Waals surface area contributed by atoms with Gasteiger partial charge in [0.05, 0.1) is 18.1 Å². The summed E-state index contributed by atoms with van der Waals surface area (Å²) < 4.78 is 10.7. The molecule has 0 saturated heterocycles. The minimum Gasteiger partial charge on any atom is -0.504 e. The topological polar surface area (TPSA) is 59.7 Å². The summed E-state index contributed by atoms with van der Waals surface area (Å²) in [4.78, 5) is 12.1. The Labute approximate surface area is 114 Å². The number of hydrogen-bond donors (Lipinski definition) is 1. The van der Waals surface area contributed by atoms with Gasteiger partial charge >= 0.3 is 0 Å². The Morgan fingerprint density at radius 2 is 1.90 bits per heavy atom. The monoisotopic (exact) mass is 268 g/mol. The zero-order chi connectivity index (χ0) is 14.1. The van der Waals surface area contributed by atoms with Crippen LogP contribution in [-0.2, 0) is 0 Å². The third-order valence-corrected chi connectivity index (χ3v) is 3.12. The summed E-state index contributed by atoms with van der Waals surface area (Å²) in [5.74, 6) is 0.594. The molecule has 0 unspecified atom stereocenters. The van der Waals surface area contributed by atoms with Gasteiger partial charge in [-0.15, -0.1) is 0 Å². The number of ether oxygens (including phenoxy) is 1. The van der Waals surface area contributed by atoms with E-state index in [0.29, 0.717) is 28.0 Å². The molecule has 4 nitrogen and oxygen atoms in total. The van der Waals surface area contributed by atoms with Gasteiger partial charge < -0.3 is 14.3 Å². The van der Waals surface area contributed by atoms with E-state index in [9.17, 15) is 9.90 Å². The lowest BCUT2D eigenvalue weighted by Gasteiger charge is -2.08. The first-order valence-electron chi connectivity index (χ1n) is 6.10. The quantitative estimate of drug-likeness (QED) is 0.775. The first-order valence-corrected chi connectivity index (χ1v) is 6.10. The average molecular weight is 268 g/mol. The van der Waals surface area contributed by atoms with Gasteiger partial charge in [-0.3, -0.25) is 4.79 Å². The molecule has 20 heavy (non-hydrogen) atoms. The van der Waals surface area contributed by atoms with Crippen molar-refractivity contribution < 1.29 is 14.3 Å². The maximum absolute atomic E-state index is 12.1. The van der Waals surface area contributed by atoms with E-state index in [1.165, 1.54) is 13.2 Å². The van der Waals surface area contributed by atoms with Crippen molar-refractivity contribution in [1.29, 1.82) is 0 Å². The molecule has 3 rings (SSSR count). The number of para-hydroxylation sites is 2. The zero-order valence-corrected chi connectivity index (χ0v) is 10.8. The number of phenolic OH excluding ortho intramolecular Hbond substituents is 1. The van der Waals surface area contributed by atoms with Crippen LogP contribution in [0.15, 0.2) is 57.7 Å². The van der Waals surface area contributed by atoms with E-state index in [0.717, 1.165) is 0 Å². The van der Waals surface area contributed by atoms with Crippen LogP contribution in [0.25, 0.3) is 22.3 Å². The molecule has 0 amide bonds. The number of hydrogen-bond acceptors (Lipinski definition) is 4. The minimum absolute atomic E-state index is 0.0477. The molecule has 3 aromatic rings. The van der Waals surface area contributed by atoms with E-state index >= 15 is 0 Å². The van der Waals surface area contributed by atoms with Crippen molar-refractivity contribution in [3.63, 3.8) is 0 Å². The van der Waals surface area contributed by atoms with Crippen LogP contribution in [0.1, 0.15) is 0 Å². The SMILES string of the molecule is COc1cccc(-c2cc(=O)c3ccccc3o2)c1O. The Hall–Kier alpha value is -2.75. The van der Waals surface area contributed by atoms with Gasteiger partial charge in [-0.1, -0.05) is 18.2 Å². The molecule has 0 spiro atoms. The Balaban J connectivity index is 2.28. The Kier molecular flexibility index (Phi) is 2.91. The Bertz CT molecular complexity index is 833. The second-order valence-electron chi connectivity index (χ2n) is 4.33. The molecule has 1 N–H and O–H groups in total. The fourth-order valence-electron chi connectivity index (χ4n) is 2.12. The van der Waals surface area contributed by atoms with E-state index < -0.39 is 0 Å². The summed E-state index contributed by atoms with van der Waals surface area (Å²) >= 11 is 0. The minimum atomic E-state index is -0.149. The largest absolute Gasteiger partial charge is 0.504 e. The van der Waals surface area contributed by atoms with Crippen LogP contribution in [0.4, 0.5) is 0 Å². The summed E-state index contributed by atoms with van der Waals surface area (Å²) in [6.07, 6.45) is 0. The molecular weight excluding hydrogens is 256 g/mol. The van der Waals surface area contributed by atoms with Crippen molar-refractivity contribution in [2.24, 2.45) is 0 Å². The van der Waals surface area contributed by atoms with Gasteiger partial charge in [-0.25, -0.2) is 0 Å². The van der Waals surface area contributed by atoms with E-state index in [2.05, 4.69) is 0 Å². The van der Waals surface area contributed by atoms with Crippen molar-refractivity contribution in [3.05, 3.63) is 58.8 Å². The molecule has 0 saturated carbocycles. The smallest absolute Gasteiger partial charge is 0.193 e. The summed E-state index contributed by atoms with van der Waals surface area (Å²) in [5.41, 5.74) is 0.758. The highest BCUT2D eigenvalue weighted by molar-refractivity contribution is 5.80. The number of rotatable bonds is 2. The van der Waals surface area contributed by atoms with Gasteiger partial charge in [0.15, 0.2) is 16.9 Å². The fourth-order valence-corrected chi connectivity index (χ4v) is 2.12. The molecule has 0 aliphatic heterocycles. The standard InChI is InChI=1S/C16H12O4/c1-19-14-8-4-6-11(16(14)18)15-9-12(17)10-5-2-3-7-13(10)20-15/h2-9,18H,1H3. The van der Waals surface area contributed by atoms with Crippen LogP contribution in [0, 0.1) is 0 Å². The molecule has 100 valence electrons. The molecule has 1 heterocycles. The van der Waals surface area contributed by atoms with Crippen LogP contribution >= 0.6 is 0 Å². The van der Waals surface area contributed by atoms with Crippen LogP contribution < -0.4 is 10.2 Å². The Morgan fingerprint density at radius 3 is 2.70 bits per heavy atom. The molecule has 0 fully saturated rings. The molecule has 4 heteroatoms. The van der Waals surface area contributed by atoms with Gasteiger partial charge in [0.25, 0.3) is 0 Å². The first kappa shape index (κ1) is 12.3. The van der Waals surface area contributed by atoms with Crippen molar-refractivity contribution in [3.8, 4) is 22.8 Å². The average Bonchev–Trinajstić information content (AvgIpc) is 2.47. The van der Waals surface area contributed by atoms with E-state index in [-0.39, 0.29) is 11.2 Å². The molecule has 0 aliphatic carbocycles. The van der Waals surface area contributed by atoms with Crippen molar-refractivity contribution in [1.82, 2.24) is 0 Å². The highest BCUT2D eigenvalue weighted by Gasteiger charge is 2.13. The summed E-state index contributed by atoms with van der Waals surface area (Å²) in [7, 11) is 1.47. The Morgan fingerprint density at radius 1 is 1.10 bits per heavy atom. The van der Waals surface area contributed by atoms with Crippen molar-refractivity contribution in [2.45, 2.75) is 0 Å². The molecule has 0 bridgehead atoms. The van der Waals surface area contributed by atoms with Gasteiger partial charge in [0.1, 0.15) is 11.3 Å². The van der Waals surface area contributed by atoms with Gasteiger partial charge in [-0.05, 0) is 24.3 Å². The molecule has 0 radical (unpaired) electrons. The number of phenols is 1. The summed E-state index contributed by atoms with van der Waals surface area (Å²) in [6, 6.07) is 13.4. The van der Waals surface area contributed by atoms with Crippen molar-refractivity contribution >= 4 is 11.0 Å². The van der Waals surface area contributed by atoms with Crippen LogP contribution in [0.3, 0.4) is 0 Å². The third kappa shape index (κ3) is 1.91. The predicted molar refractivity (Wildman–Crippen MR) is 76.1 cm³/mol. The predicted octanol–water partition coefficient (Wildman–Crippen LogP) is 3.17. The second kappa shape index (κ2) is 4.74. The lowest BCUT2D eigenvalue weighted by atomic mass is 10.1. The summed E-state index contributed by atoms with van der Waals surface area (Å²) in [5, 5.41) is 10.6. The molecule has 1 aromatic heterocycles. The second-order valence-corrected chi connectivity index (χ2v) is 4.33. The van der Waals surface area contributed by atoms with Gasteiger partial charge in [-0.2, -0.15) is 0 Å². The van der Waals surface area contributed by atoms with Gasteiger partial charge in [0, 0.05) is 6.07 Å². The molecule has 0 aliphatic rings. The number of methoxy groups -OCH3 is 1. The molecule has 0 atom stereocenters. The zero-order valence-electron chi connectivity index (χ0n) is 10.8. The first-order chi connectivity index (χ1) is 9.70. The molecular formula is C16H12O4. The number of benzene rings is 2. The highest BCUT2D eigenvalue weighted by atomic mass is 16.5. The van der Waals surface area contributed by atoms with E-state index in [4.69, 9.17) is 9.15 Å². The summed E-state index contributed by atoms with van der Waals surface area (Å²) in [6.45, 7) is 0. The third-order valence-electron chi connectivity index (χ3n) is 3.12. The number of aromatic hydroxyl groups is 1. The maximum Gasteiger partial charge on any atom is 0.193 e. The normalized spacial score (nSPS) is 10.7. The molecule has 2 aromatic carbocycles. The van der Waals surface area contributed by atoms with Gasteiger partial charge in [0.2, 0.25) is 0 Å². The fraction of sp³-hybridized carbons (Fsp3) is 0.0625. The van der Waals surface area contributed by atoms with Crippen LogP contribution in [0.2, 0.25) is 0 Å². The number of fused-ring (bicyclic) bond motifs is 1. The highest BCUT2D eigenvalue weighted by Crippen LogP contribution is 2.36. The van der Waals surface area contributed by atoms with E-state index in [1.54, 1.807) is 42.5 Å². The lowest BCUT2D eigenvalue weighted by molar-refractivity contribution is 0.374. The van der Waals surface area contributed by atoms with Crippen LogP contribution in [0.5, 0.6) is 11.5 Å².